The minimum atomic E-state index is -0.401. The predicted molar refractivity (Wildman–Crippen MR) is 71.8 cm³/mol. The number of fused-ring (bicyclic) bond motifs is 2. The smallest absolute Gasteiger partial charge is 0.206 e. The molecule has 0 atom stereocenters. The van der Waals surface area contributed by atoms with Crippen LogP contribution in [-0.2, 0) is 0 Å². The monoisotopic (exact) mass is 294 g/mol. The normalized spacial score (nSPS) is 16.2. The topological polar surface area (TPSA) is 126 Å². The lowest BCUT2D eigenvalue weighted by Gasteiger charge is -1.98. The summed E-state index contributed by atoms with van der Waals surface area (Å²) in [6.07, 6.45) is 4.58. The molecule has 4 rings (SSSR count). The van der Waals surface area contributed by atoms with Crippen molar-refractivity contribution in [1.82, 2.24) is 19.9 Å². The van der Waals surface area contributed by atoms with Gasteiger partial charge in [-0.2, -0.15) is 0 Å². The number of nitrogens with zero attached hydrogens (tertiary/aromatic N) is 2. The molecule has 8 nitrogen and oxygen atoms in total. The van der Waals surface area contributed by atoms with Crippen LogP contribution >= 0.6 is 0 Å². The number of imidazole rings is 2. The van der Waals surface area contributed by atoms with E-state index >= 15 is 0 Å². The molecule has 0 saturated carbocycles. The van der Waals surface area contributed by atoms with Gasteiger partial charge in [-0.1, -0.05) is 0 Å². The molecular weight excluding hydrogens is 288 g/mol. The molecule has 2 aliphatic rings. The van der Waals surface area contributed by atoms with Crippen LogP contribution in [0.2, 0.25) is 0 Å². The number of carbonyl (C=O) groups excluding carboxylic acids is 4. The Morgan fingerprint density at radius 2 is 0.955 bits per heavy atom. The van der Waals surface area contributed by atoms with Crippen molar-refractivity contribution in [2.45, 2.75) is 0 Å². The number of ketones is 4. The Labute approximate surface area is 122 Å². The summed E-state index contributed by atoms with van der Waals surface area (Å²) in [6.45, 7) is 0. The van der Waals surface area contributed by atoms with Crippen LogP contribution < -0.4 is 0 Å². The first-order valence-corrected chi connectivity index (χ1v) is 6.28. The molecule has 0 aliphatic heterocycles. The first kappa shape index (κ1) is 12.3. The van der Waals surface area contributed by atoms with E-state index in [1.165, 1.54) is 0 Å². The third-order valence-electron chi connectivity index (χ3n) is 3.36. The van der Waals surface area contributed by atoms with Gasteiger partial charge in [0.25, 0.3) is 0 Å². The maximum absolute atomic E-state index is 11.7. The summed E-state index contributed by atoms with van der Waals surface area (Å²) in [6, 6.07) is 0. The van der Waals surface area contributed by atoms with Gasteiger partial charge in [-0.05, 0) is 24.3 Å². The number of H-pyrrole nitrogens is 2. The quantitative estimate of drug-likeness (QED) is 0.796. The van der Waals surface area contributed by atoms with Crippen molar-refractivity contribution in [3.63, 3.8) is 0 Å². The number of nitrogens with one attached hydrogen (secondary N) is 2. The average molecular weight is 294 g/mol. The minimum absolute atomic E-state index is 0.00681. The van der Waals surface area contributed by atoms with E-state index in [-0.39, 0.29) is 46.0 Å². The molecule has 2 aromatic heterocycles. The van der Waals surface area contributed by atoms with Crippen LogP contribution in [0.25, 0.3) is 11.6 Å². The van der Waals surface area contributed by atoms with E-state index in [1.54, 1.807) is 0 Å². The third kappa shape index (κ3) is 1.57. The second-order valence-corrected chi connectivity index (χ2v) is 4.74. The lowest BCUT2D eigenvalue weighted by molar-refractivity contribution is 0.0989. The number of allylic oxidation sites excluding steroid dienone is 4. The molecule has 2 aromatic rings. The number of hydrogen-bond acceptors (Lipinski definition) is 6. The molecule has 0 saturated heterocycles. The van der Waals surface area contributed by atoms with E-state index in [4.69, 9.17) is 0 Å². The number of hydrogen-bond donors (Lipinski definition) is 2. The lowest BCUT2D eigenvalue weighted by Crippen LogP contribution is -2.10. The molecule has 0 spiro atoms. The number of aromatic amines is 2. The Kier molecular flexibility index (Phi) is 2.27. The standard InChI is InChI=1S/C14H6N4O4/c19-5-1-2-6(20)10-9(5)15-13(16-10)14-17-11-7(21)3-4-8(22)12(11)18-14/h1-4H,(H,15,16)(H,17,18). The second-order valence-electron chi connectivity index (χ2n) is 4.74. The summed E-state index contributed by atoms with van der Waals surface area (Å²) in [5, 5.41) is 0. The summed E-state index contributed by atoms with van der Waals surface area (Å²) in [5.41, 5.74) is 0.112. The van der Waals surface area contributed by atoms with Crippen molar-refractivity contribution in [2.75, 3.05) is 0 Å². The van der Waals surface area contributed by atoms with Crippen molar-refractivity contribution in [2.24, 2.45) is 0 Å². The Hall–Kier alpha value is -3.42. The zero-order valence-corrected chi connectivity index (χ0v) is 10.8. The van der Waals surface area contributed by atoms with Gasteiger partial charge in [0, 0.05) is 0 Å². The fourth-order valence-electron chi connectivity index (χ4n) is 2.31. The predicted octanol–water partition coefficient (Wildman–Crippen LogP) is 0.670. The molecule has 22 heavy (non-hydrogen) atoms. The fraction of sp³-hybridized carbons (Fsp3) is 0. The van der Waals surface area contributed by atoms with Gasteiger partial charge in [0.05, 0.1) is 0 Å². The Morgan fingerprint density at radius 3 is 1.32 bits per heavy atom. The maximum atomic E-state index is 11.7. The zero-order chi connectivity index (χ0) is 15.4. The van der Waals surface area contributed by atoms with Gasteiger partial charge in [-0.15, -0.1) is 0 Å². The van der Waals surface area contributed by atoms with Crippen LogP contribution in [0.15, 0.2) is 24.3 Å². The van der Waals surface area contributed by atoms with Crippen LogP contribution in [0, 0.1) is 0 Å². The molecule has 106 valence electrons. The van der Waals surface area contributed by atoms with Crippen LogP contribution in [0.4, 0.5) is 0 Å². The van der Waals surface area contributed by atoms with Gasteiger partial charge >= 0.3 is 0 Å². The minimum Gasteiger partial charge on any atom is -0.332 e. The SMILES string of the molecule is O=C1C=CC(=O)c2[nH]c(-c3nc4c([nH]3)C(=O)C=CC4=O)nc21. The van der Waals surface area contributed by atoms with E-state index < -0.39 is 11.6 Å². The first-order chi connectivity index (χ1) is 10.5. The number of rotatable bonds is 1. The van der Waals surface area contributed by atoms with Gasteiger partial charge in [0.15, 0.2) is 11.6 Å². The molecule has 0 fully saturated rings. The van der Waals surface area contributed by atoms with Crippen LogP contribution in [0.1, 0.15) is 42.0 Å². The molecule has 0 amide bonds. The van der Waals surface area contributed by atoms with Gasteiger partial charge in [0.1, 0.15) is 22.8 Å². The average Bonchev–Trinajstić information content (AvgIpc) is 3.12. The van der Waals surface area contributed by atoms with Crippen LogP contribution in [0.3, 0.4) is 0 Å². The Bertz CT molecular complexity index is 808. The fourth-order valence-corrected chi connectivity index (χ4v) is 2.31. The van der Waals surface area contributed by atoms with Gasteiger partial charge in [0.2, 0.25) is 23.1 Å². The van der Waals surface area contributed by atoms with Gasteiger partial charge in [-0.25, -0.2) is 9.97 Å². The summed E-state index contributed by atoms with van der Waals surface area (Å²) >= 11 is 0. The van der Waals surface area contributed by atoms with Crippen LogP contribution in [0.5, 0.6) is 0 Å². The molecule has 0 bridgehead atoms. The Morgan fingerprint density at radius 1 is 0.591 bits per heavy atom. The lowest BCUT2D eigenvalue weighted by atomic mass is 10.1. The highest BCUT2D eigenvalue weighted by molar-refractivity contribution is 6.21. The summed E-state index contributed by atoms with van der Waals surface area (Å²) < 4.78 is 0. The van der Waals surface area contributed by atoms with Crippen molar-refractivity contribution in [1.29, 1.82) is 0 Å². The van der Waals surface area contributed by atoms with E-state index in [0.717, 1.165) is 24.3 Å². The van der Waals surface area contributed by atoms with Crippen molar-refractivity contribution in [3.05, 3.63) is 47.1 Å². The van der Waals surface area contributed by atoms with Crippen molar-refractivity contribution in [3.8, 4) is 11.6 Å². The van der Waals surface area contributed by atoms with Gasteiger partial charge < -0.3 is 9.97 Å². The summed E-state index contributed by atoms with van der Waals surface area (Å²) in [5.74, 6) is -1.32. The molecule has 0 unspecified atom stereocenters. The summed E-state index contributed by atoms with van der Waals surface area (Å²) in [4.78, 5) is 60.3. The maximum Gasteiger partial charge on any atom is 0.206 e. The highest BCUT2D eigenvalue weighted by atomic mass is 16.1. The third-order valence-corrected chi connectivity index (χ3v) is 3.36. The van der Waals surface area contributed by atoms with Crippen molar-refractivity contribution >= 4 is 23.1 Å². The molecule has 0 radical (unpaired) electrons. The largest absolute Gasteiger partial charge is 0.332 e. The van der Waals surface area contributed by atoms with E-state index in [9.17, 15) is 19.2 Å². The molecule has 2 aliphatic carbocycles. The van der Waals surface area contributed by atoms with E-state index in [1.807, 2.05) is 0 Å². The Balaban J connectivity index is 1.85. The molecule has 0 aromatic carbocycles. The molecule has 2 heterocycles. The van der Waals surface area contributed by atoms with Crippen molar-refractivity contribution < 1.29 is 19.2 Å². The molecular formula is C14H6N4O4. The molecule has 8 heteroatoms. The van der Waals surface area contributed by atoms with Crippen LogP contribution in [-0.4, -0.2) is 43.1 Å². The molecule has 2 N–H and O–H groups in total. The number of carbonyl (C=O) groups is 4. The van der Waals surface area contributed by atoms with E-state index in [0.29, 0.717) is 0 Å². The zero-order valence-electron chi connectivity index (χ0n) is 10.8. The van der Waals surface area contributed by atoms with E-state index in [2.05, 4.69) is 19.9 Å². The first-order valence-electron chi connectivity index (χ1n) is 6.28. The second kappa shape index (κ2) is 4.04. The highest BCUT2D eigenvalue weighted by Gasteiger charge is 2.28. The summed E-state index contributed by atoms with van der Waals surface area (Å²) in [7, 11) is 0. The number of aromatic nitrogens is 4. The highest BCUT2D eigenvalue weighted by Crippen LogP contribution is 2.23. The van der Waals surface area contributed by atoms with Gasteiger partial charge in [-0.3, -0.25) is 19.2 Å².